The second-order valence-corrected chi connectivity index (χ2v) is 5.31. The number of Topliss-reactive ketones (excluding diaryl/α,β-unsaturated/α-hetero) is 1. The summed E-state index contributed by atoms with van der Waals surface area (Å²) in [7, 11) is 1.58. The van der Waals surface area contributed by atoms with Crippen molar-refractivity contribution in [3.63, 3.8) is 0 Å². The maximum atomic E-state index is 11.6. The van der Waals surface area contributed by atoms with Gasteiger partial charge in [-0.1, -0.05) is 23.2 Å². The highest BCUT2D eigenvalue weighted by Crippen LogP contribution is 2.27. The molecule has 2 aromatic rings. The summed E-state index contributed by atoms with van der Waals surface area (Å²) in [6.07, 6.45) is 0. The van der Waals surface area contributed by atoms with E-state index >= 15 is 0 Å². The lowest BCUT2D eigenvalue weighted by Gasteiger charge is -2.13. The van der Waals surface area contributed by atoms with E-state index in [4.69, 9.17) is 32.7 Å². The van der Waals surface area contributed by atoms with Crippen LogP contribution < -0.4 is 9.47 Å². The molecule has 0 aliphatic rings. The minimum absolute atomic E-state index is 0.106. The number of ether oxygens (including phenoxy) is 2. The van der Waals surface area contributed by atoms with Crippen molar-refractivity contribution < 1.29 is 14.3 Å². The van der Waals surface area contributed by atoms with Crippen molar-refractivity contribution in [1.82, 2.24) is 0 Å². The molecular formula is C16H14Cl2O3. The highest BCUT2D eigenvalue weighted by Gasteiger charge is 2.11. The standard InChI is InChI=1S/C16H14Cl2O3/c1-10(19)14-8-13(18)4-6-16(14)21-9-11-7-12(17)3-5-15(11)20-2/h3-8H,9H2,1-2H3. The molecule has 0 spiro atoms. The Morgan fingerprint density at radius 2 is 1.67 bits per heavy atom. The monoisotopic (exact) mass is 324 g/mol. The van der Waals surface area contributed by atoms with Gasteiger partial charge >= 0.3 is 0 Å². The van der Waals surface area contributed by atoms with Gasteiger partial charge in [-0.25, -0.2) is 0 Å². The third kappa shape index (κ3) is 3.90. The molecule has 0 saturated carbocycles. The molecule has 0 aliphatic heterocycles. The smallest absolute Gasteiger partial charge is 0.163 e. The molecule has 0 radical (unpaired) electrons. The molecule has 2 rings (SSSR count). The highest BCUT2D eigenvalue weighted by molar-refractivity contribution is 6.31. The van der Waals surface area contributed by atoms with Crippen molar-refractivity contribution in [2.75, 3.05) is 7.11 Å². The van der Waals surface area contributed by atoms with E-state index in [1.54, 1.807) is 43.5 Å². The quantitative estimate of drug-likeness (QED) is 0.742. The van der Waals surface area contributed by atoms with Gasteiger partial charge in [0, 0.05) is 15.6 Å². The Hall–Kier alpha value is -1.71. The van der Waals surface area contributed by atoms with E-state index in [0.29, 0.717) is 27.1 Å². The molecule has 110 valence electrons. The Morgan fingerprint density at radius 3 is 2.29 bits per heavy atom. The van der Waals surface area contributed by atoms with Crippen LogP contribution in [0.15, 0.2) is 36.4 Å². The Morgan fingerprint density at radius 1 is 1.05 bits per heavy atom. The molecule has 0 saturated heterocycles. The van der Waals surface area contributed by atoms with Crippen LogP contribution in [-0.4, -0.2) is 12.9 Å². The fourth-order valence-corrected chi connectivity index (χ4v) is 2.29. The SMILES string of the molecule is COc1ccc(Cl)cc1COc1ccc(Cl)cc1C(C)=O. The first-order valence-corrected chi connectivity index (χ1v) is 7.02. The maximum Gasteiger partial charge on any atom is 0.163 e. The van der Waals surface area contributed by atoms with Crippen LogP contribution in [0.3, 0.4) is 0 Å². The van der Waals surface area contributed by atoms with Crippen molar-refractivity contribution in [1.29, 1.82) is 0 Å². The van der Waals surface area contributed by atoms with Crippen molar-refractivity contribution in [2.45, 2.75) is 13.5 Å². The fourth-order valence-electron chi connectivity index (χ4n) is 1.92. The maximum absolute atomic E-state index is 11.6. The van der Waals surface area contributed by atoms with Crippen LogP contribution in [0, 0.1) is 0 Å². The van der Waals surface area contributed by atoms with Crippen LogP contribution in [0.5, 0.6) is 11.5 Å². The molecule has 0 unspecified atom stereocenters. The van der Waals surface area contributed by atoms with Crippen LogP contribution in [0.1, 0.15) is 22.8 Å². The van der Waals surface area contributed by atoms with E-state index in [1.165, 1.54) is 6.92 Å². The van der Waals surface area contributed by atoms with E-state index in [2.05, 4.69) is 0 Å². The summed E-state index contributed by atoms with van der Waals surface area (Å²) in [5.74, 6) is 1.05. The Kier molecular flexibility index (Phi) is 5.10. The Labute approximate surface area is 133 Å². The van der Waals surface area contributed by atoms with Gasteiger partial charge in [0.15, 0.2) is 5.78 Å². The van der Waals surface area contributed by atoms with E-state index < -0.39 is 0 Å². The molecule has 0 heterocycles. The second-order valence-electron chi connectivity index (χ2n) is 4.44. The first kappa shape index (κ1) is 15.7. The fraction of sp³-hybridized carbons (Fsp3) is 0.188. The summed E-state index contributed by atoms with van der Waals surface area (Å²) in [6.45, 7) is 1.71. The molecule has 0 bridgehead atoms. The minimum atomic E-state index is -0.106. The summed E-state index contributed by atoms with van der Waals surface area (Å²) < 4.78 is 11.0. The lowest BCUT2D eigenvalue weighted by atomic mass is 10.1. The van der Waals surface area contributed by atoms with Crippen molar-refractivity contribution in [3.05, 3.63) is 57.6 Å². The van der Waals surface area contributed by atoms with E-state index in [-0.39, 0.29) is 12.4 Å². The number of carbonyl (C=O) groups is 1. The molecule has 0 atom stereocenters. The topological polar surface area (TPSA) is 35.5 Å². The van der Waals surface area contributed by atoms with Gasteiger partial charge < -0.3 is 9.47 Å². The summed E-state index contributed by atoms with van der Waals surface area (Å²) in [5.41, 5.74) is 1.25. The molecule has 3 nitrogen and oxygen atoms in total. The predicted molar refractivity (Wildman–Crippen MR) is 83.8 cm³/mol. The molecule has 0 amide bonds. The van der Waals surface area contributed by atoms with Crippen LogP contribution in [0.25, 0.3) is 0 Å². The van der Waals surface area contributed by atoms with Crippen LogP contribution in [0.4, 0.5) is 0 Å². The zero-order chi connectivity index (χ0) is 15.4. The molecular weight excluding hydrogens is 311 g/mol. The van der Waals surface area contributed by atoms with Crippen LogP contribution in [-0.2, 0) is 6.61 Å². The lowest BCUT2D eigenvalue weighted by Crippen LogP contribution is -2.03. The van der Waals surface area contributed by atoms with Gasteiger partial charge in [0.1, 0.15) is 18.1 Å². The molecule has 5 heteroatoms. The molecule has 0 N–H and O–H groups in total. The summed E-state index contributed by atoms with van der Waals surface area (Å²) in [4.78, 5) is 11.6. The first-order valence-electron chi connectivity index (χ1n) is 6.27. The molecule has 0 aromatic heterocycles. The largest absolute Gasteiger partial charge is 0.496 e. The van der Waals surface area contributed by atoms with Crippen molar-refractivity contribution in [3.8, 4) is 11.5 Å². The summed E-state index contributed by atoms with van der Waals surface area (Å²) >= 11 is 11.9. The van der Waals surface area contributed by atoms with E-state index in [1.807, 2.05) is 0 Å². The number of methoxy groups -OCH3 is 1. The van der Waals surface area contributed by atoms with Gasteiger partial charge in [-0.3, -0.25) is 4.79 Å². The van der Waals surface area contributed by atoms with Gasteiger partial charge in [-0.05, 0) is 43.3 Å². The van der Waals surface area contributed by atoms with E-state index in [0.717, 1.165) is 5.56 Å². The number of carbonyl (C=O) groups excluding carboxylic acids is 1. The average Bonchev–Trinajstić information content (AvgIpc) is 2.46. The van der Waals surface area contributed by atoms with Crippen LogP contribution in [0.2, 0.25) is 10.0 Å². The molecule has 0 aliphatic carbocycles. The third-order valence-corrected chi connectivity index (χ3v) is 3.42. The number of rotatable bonds is 5. The van der Waals surface area contributed by atoms with Gasteiger partial charge in [0.05, 0.1) is 12.7 Å². The zero-order valence-corrected chi connectivity index (χ0v) is 13.2. The number of benzene rings is 2. The van der Waals surface area contributed by atoms with Crippen molar-refractivity contribution in [2.24, 2.45) is 0 Å². The molecule has 21 heavy (non-hydrogen) atoms. The van der Waals surface area contributed by atoms with Gasteiger partial charge in [0.2, 0.25) is 0 Å². The second kappa shape index (κ2) is 6.83. The number of hydrogen-bond acceptors (Lipinski definition) is 3. The van der Waals surface area contributed by atoms with Gasteiger partial charge in [-0.2, -0.15) is 0 Å². The summed E-state index contributed by atoms with van der Waals surface area (Å²) in [5, 5.41) is 1.09. The molecule has 2 aromatic carbocycles. The van der Waals surface area contributed by atoms with Crippen LogP contribution >= 0.6 is 23.2 Å². The predicted octanol–water partition coefficient (Wildman–Crippen LogP) is 4.78. The third-order valence-electron chi connectivity index (χ3n) is 2.95. The van der Waals surface area contributed by atoms with Gasteiger partial charge in [0.25, 0.3) is 0 Å². The minimum Gasteiger partial charge on any atom is -0.496 e. The summed E-state index contributed by atoms with van der Waals surface area (Å²) in [6, 6.07) is 10.2. The lowest BCUT2D eigenvalue weighted by molar-refractivity contribution is 0.101. The number of ketones is 1. The zero-order valence-electron chi connectivity index (χ0n) is 11.7. The normalized spacial score (nSPS) is 10.3. The van der Waals surface area contributed by atoms with E-state index in [9.17, 15) is 4.79 Å². The van der Waals surface area contributed by atoms with Crippen molar-refractivity contribution >= 4 is 29.0 Å². The Balaban J connectivity index is 2.24. The van der Waals surface area contributed by atoms with Gasteiger partial charge in [-0.15, -0.1) is 0 Å². The number of hydrogen-bond donors (Lipinski definition) is 0. The Bertz CT molecular complexity index is 669. The number of halogens is 2. The highest BCUT2D eigenvalue weighted by atomic mass is 35.5. The first-order chi connectivity index (χ1) is 10.0. The molecule has 0 fully saturated rings. The average molecular weight is 325 g/mol.